The number of H-pyrrole nitrogens is 1. The molecule has 0 radical (unpaired) electrons. The van der Waals surface area contributed by atoms with Gasteiger partial charge in [0.25, 0.3) is 5.78 Å². The number of fused-ring (bicyclic) bond motifs is 3. The Morgan fingerprint density at radius 2 is 2.06 bits per heavy atom. The van der Waals surface area contributed by atoms with E-state index in [0.29, 0.717) is 11.2 Å². The lowest BCUT2D eigenvalue weighted by Gasteiger charge is -1.99. The van der Waals surface area contributed by atoms with Gasteiger partial charge in [-0.05, 0) is 0 Å². The molecule has 0 saturated carbocycles. The number of hydrogen-bond donors (Lipinski definition) is 1. The summed E-state index contributed by atoms with van der Waals surface area (Å²) in [5, 5.41) is 2.10. The van der Waals surface area contributed by atoms with Crippen LogP contribution in [0, 0.1) is 0 Å². The van der Waals surface area contributed by atoms with Crippen LogP contribution in [0.4, 0.5) is 13.2 Å². The summed E-state index contributed by atoms with van der Waals surface area (Å²) in [4.78, 5) is 14.6. The van der Waals surface area contributed by atoms with Gasteiger partial charge in [0.2, 0.25) is 5.82 Å². The van der Waals surface area contributed by atoms with Gasteiger partial charge in [-0.3, -0.25) is 5.10 Å². The maximum atomic E-state index is 12.3. The van der Waals surface area contributed by atoms with Crippen molar-refractivity contribution in [2.45, 2.75) is 6.18 Å². The molecule has 1 N–H and O–H groups in total. The molecule has 0 spiro atoms. The summed E-state index contributed by atoms with van der Waals surface area (Å²) in [6.45, 7) is 0. The fraction of sp³-hybridized carbons (Fsp3) is 0.143. The molecule has 0 aliphatic heterocycles. The van der Waals surface area contributed by atoms with Crippen molar-refractivity contribution >= 4 is 16.9 Å². The van der Waals surface area contributed by atoms with E-state index in [1.807, 2.05) is 0 Å². The lowest BCUT2D eigenvalue weighted by atomic mass is 10.6. The van der Waals surface area contributed by atoms with Crippen LogP contribution in [-0.4, -0.2) is 29.5 Å². The normalized spacial score (nSPS) is 12.7. The highest BCUT2D eigenvalue weighted by atomic mass is 19.4. The molecule has 3 aromatic rings. The first-order chi connectivity index (χ1) is 7.55. The number of aromatic nitrogens is 6. The Labute approximate surface area is 85.1 Å². The Balaban J connectivity index is 2.35. The quantitative estimate of drug-likeness (QED) is 0.623. The van der Waals surface area contributed by atoms with E-state index < -0.39 is 12.0 Å². The fourth-order valence-corrected chi connectivity index (χ4v) is 1.36. The zero-order valence-electron chi connectivity index (χ0n) is 7.52. The topological polar surface area (TPSA) is 71.8 Å². The van der Waals surface area contributed by atoms with Crippen molar-refractivity contribution in [3.8, 4) is 0 Å². The van der Waals surface area contributed by atoms with E-state index in [1.54, 1.807) is 0 Å². The van der Waals surface area contributed by atoms with E-state index in [9.17, 15) is 13.2 Å². The minimum Gasteiger partial charge on any atom is -0.270 e. The van der Waals surface area contributed by atoms with Crippen LogP contribution in [0.5, 0.6) is 0 Å². The highest BCUT2D eigenvalue weighted by Gasteiger charge is 2.35. The van der Waals surface area contributed by atoms with E-state index >= 15 is 0 Å². The van der Waals surface area contributed by atoms with Crippen molar-refractivity contribution in [2.75, 3.05) is 0 Å². The molecule has 0 aliphatic rings. The number of imidazole rings is 1. The van der Waals surface area contributed by atoms with Gasteiger partial charge >= 0.3 is 6.18 Å². The summed E-state index contributed by atoms with van der Waals surface area (Å²) in [5.74, 6) is -1.18. The largest absolute Gasteiger partial charge is 0.451 e. The number of rotatable bonds is 0. The maximum absolute atomic E-state index is 12.3. The van der Waals surface area contributed by atoms with Gasteiger partial charge in [-0.15, -0.1) is 0 Å². The molecule has 0 bridgehead atoms. The molecule has 0 unspecified atom stereocenters. The van der Waals surface area contributed by atoms with Crippen LogP contribution in [0.25, 0.3) is 16.9 Å². The van der Waals surface area contributed by atoms with Crippen molar-refractivity contribution in [2.24, 2.45) is 0 Å². The summed E-state index contributed by atoms with van der Waals surface area (Å²) < 4.78 is 38.1. The van der Waals surface area contributed by atoms with Crippen molar-refractivity contribution in [1.29, 1.82) is 0 Å². The third-order valence-electron chi connectivity index (χ3n) is 2.02. The van der Waals surface area contributed by atoms with Gasteiger partial charge in [0.1, 0.15) is 11.8 Å². The molecule has 3 heterocycles. The number of halogens is 3. The van der Waals surface area contributed by atoms with Crippen molar-refractivity contribution < 1.29 is 13.2 Å². The molecule has 16 heavy (non-hydrogen) atoms. The van der Waals surface area contributed by atoms with Crippen LogP contribution in [0.2, 0.25) is 0 Å². The van der Waals surface area contributed by atoms with Crippen LogP contribution in [0.3, 0.4) is 0 Å². The third kappa shape index (κ3) is 1.14. The van der Waals surface area contributed by atoms with Gasteiger partial charge in [-0.2, -0.15) is 23.1 Å². The zero-order valence-corrected chi connectivity index (χ0v) is 7.52. The van der Waals surface area contributed by atoms with Crippen LogP contribution in [0.15, 0.2) is 12.5 Å². The number of aromatic amines is 1. The van der Waals surface area contributed by atoms with Crippen molar-refractivity contribution in [3.05, 3.63) is 18.3 Å². The summed E-state index contributed by atoms with van der Waals surface area (Å²) in [6, 6.07) is 0. The Bertz CT molecular complexity index is 665. The summed E-state index contributed by atoms with van der Waals surface area (Å²) in [7, 11) is 0. The van der Waals surface area contributed by atoms with Crippen molar-refractivity contribution in [1.82, 2.24) is 29.5 Å². The van der Waals surface area contributed by atoms with Crippen molar-refractivity contribution in [3.63, 3.8) is 0 Å². The molecular weight excluding hydrogens is 225 g/mol. The second-order valence-corrected chi connectivity index (χ2v) is 3.05. The van der Waals surface area contributed by atoms with E-state index in [-0.39, 0.29) is 5.78 Å². The Morgan fingerprint density at radius 3 is 2.81 bits per heavy atom. The van der Waals surface area contributed by atoms with Gasteiger partial charge in [0.05, 0.1) is 6.20 Å². The Morgan fingerprint density at radius 1 is 1.25 bits per heavy atom. The smallest absolute Gasteiger partial charge is 0.270 e. The first kappa shape index (κ1) is 9.07. The molecule has 0 aromatic carbocycles. The SMILES string of the molecule is FC(F)(F)c1nc2nc3ncncc3n2[nH]1. The molecular formula is C7H3F3N6. The average Bonchev–Trinajstić information content (AvgIpc) is 2.72. The average molecular weight is 228 g/mol. The predicted octanol–water partition coefficient (Wildman–Crippen LogP) is 1.02. The zero-order chi connectivity index (χ0) is 11.3. The third-order valence-corrected chi connectivity index (χ3v) is 2.02. The lowest BCUT2D eigenvalue weighted by Crippen LogP contribution is -2.07. The molecule has 0 fully saturated rings. The molecule has 3 rings (SSSR count). The van der Waals surface area contributed by atoms with Crippen LogP contribution >= 0.6 is 0 Å². The molecule has 9 heteroatoms. The fourth-order valence-electron chi connectivity index (χ4n) is 1.36. The Hall–Kier alpha value is -2.19. The van der Waals surface area contributed by atoms with Gasteiger partial charge in [-0.25, -0.2) is 14.5 Å². The molecule has 0 aliphatic carbocycles. The first-order valence-electron chi connectivity index (χ1n) is 4.17. The van der Waals surface area contributed by atoms with Gasteiger partial charge in [0, 0.05) is 0 Å². The number of nitrogens with one attached hydrogen (secondary N) is 1. The van der Waals surface area contributed by atoms with Gasteiger partial charge in [0.15, 0.2) is 5.65 Å². The van der Waals surface area contributed by atoms with Crippen LogP contribution in [0.1, 0.15) is 5.82 Å². The maximum Gasteiger partial charge on any atom is 0.451 e. The summed E-state index contributed by atoms with van der Waals surface area (Å²) >= 11 is 0. The second-order valence-electron chi connectivity index (χ2n) is 3.05. The van der Waals surface area contributed by atoms with E-state index in [0.717, 1.165) is 4.52 Å². The van der Waals surface area contributed by atoms with E-state index in [4.69, 9.17) is 0 Å². The lowest BCUT2D eigenvalue weighted by molar-refractivity contribution is -0.144. The Kier molecular flexibility index (Phi) is 1.52. The van der Waals surface area contributed by atoms with E-state index in [1.165, 1.54) is 12.5 Å². The van der Waals surface area contributed by atoms with Crippen LogP contribution < -0.4 is 0 Å². The number of hydrogen-bond acceptors (Lipinski definition) is 4. The van der Waals surface area contributed by atoms with Gasteiger partial charge < -0.3 is 0 Å². The summed E-state index contributed by atoms with van der Waals surface area (Å²) in [6.07, 6.45) is -1.90. The molecule has 82 valence electrons. The highest BCUT2D eigenvalue weighted by Crippen LogP contribution is 2.27. The summed E-state index contributed by atoms with van der Waals surface area (Å²) in [5.41, 5.74) is 0.642. The standard InChI is InChI=1S/C7H3F3N6/c8-7(9,10)5-14-6-13-4-3(16(6)15-5)1-11-2-12-4/h1-2H,(H,11,12,13,14,15). The molecule has 0 atom stereocenters. The monoisotopic (exact) mass is 228 g/mol. The number of nitrogens with zero attached hydrogens (tertiary/aromatic N) is 5. The molecule has 0 saturated heterocycles. The molecule has 3 aromatic heterocycles. The number of alkyl halides is 3. The minimum atomic E-state index is -4.53. The first-order valence-corrected chi connectivity index (χ1v) is 4.17. The minimum absolute atomic E-state index is 0.0807. The van der Waals surface area contributed by atoms with E-state index in [2.05, 4.69) is 25.0 Å². The van der Waals surface area contributed by atoms with Crippen LogP contribution in [-0.2, 0) is 6.18 Å². The highest BCUT2D eigenvalue weighted by molar-refractivity contribution is 5.73. The second kappa shape index (κ2) is 2.68. The predicted molar refractivity (Wildman–Crippen MR) is 45.4 cm³/mol. The molecule has 6 nitrogen and oxygen atoms in total. The molecule has 0 amide bonds. The van der Waals surface area contributed by atoms with Gasteiger partial charge in [-0.1, -0.05) is 0 Å².